The number of hydrogen-bond acceptors (Lipinski definition) is 2. The van der Waals surface area contributed by atoms with Crippen LogP contribution >= 0.6 is 0 Å². The highest BCUT2D eigenvalue weighted by Gasteiger charge is 2.32. The fraction of sp³-hybridized carbons (Fsp3) is 0.286. The molecule has 0 bridgehead atoms. The quantitative estimate of drug-likeness (QED) is 0.757. The molecule has 0 saturated carbocycles. The second-order valence-electron chi connectivity index (χ2n) is 4.68. The fourth-order valence-corrected chi connectivity index (χ4v) is 1.85. The molecule has 2 rings (SSSR count). The van der Waals surface area contributed by atoms with Gasteiger partial charge in [-0.2, -0.15) is 0 Å². The molecule has 0 radical (unpaired) electrons. The number of nitrogens with zero attached hydrogens (tertiary/aromatic N) is 2. The van der Waals surface area contributed by atoms with Crippen molar-refractivity contribution in [2.24, 2.45) is 7.05 Å². The van der Waals surface area contributed by atoms with E-state index in [1.54, 1.807) is 17.0 Å². The summed E-state index contributed by atoms with van der Waals surface area (Å²) in [5.41, 5.74) is 0.452. The van der Waals surface area contributed by atoms with Crippen molar-refractivity contribution in [1.82, 2.24) is 9.55 Å². The Labute approximate surface area is 101 Å². The van der Waals surface area contributed by atoms with Crippen molar-refractivity contribution < 1.29 is 4.79 Å². The summed E-state index contributed by atoms with van der Waals surface area (Å²) in [5, 5.41) is 0. The minimum atomic E-state index is -0.555. The number of hydrogen-bond donors (Lipinski definition) is 0. The Bertz CT molecular complexity index is 526. The van der Waals surface area contributed by atoms with Gasteiger partial charge in [0.15, 0.2) is 5.82 Å². The number of carbonyl (C=O) groups excluding carboxylic acids is 1. The van der Waals surface area contributed by atoms with Crippen LogP contribution in [0.25, 0.3) is 0 Å². The van der Waals surface area contributed by atoms with Crippen LogP contribution in [0.1, 0.15) is 30.0 Å². The average molecular weight is 228 g/mol. The number of aromatic nitrogens is 2. The lowest BCUT2D eigenvalue weighted by Gasteiger charge is -2.23. The molecule has 1 aromatic carbocycles. The van der Waals surface area contributed by atoms with E-state index in [1.165, 1.54) is 0 Å². The van der Waals surface area contributed by atoms with Crippen molar-refractivity contribution in [3.8, 4) is 0 Å². The predicted octanol–water partition coefficient (Wildman–Crippen LogP) is 2.58. The number of Topliss-reactive ketones (excluding diaryl/α,β-unsaturated/α-hetero) is 1. The Hall–Kier alpha value is -1.90. The van der Waals surface area contributed by atoms with Crippen molar-refractivity contribution >= 4 is 5.78 Å². The van der Waals surface area contributed by atoms with Crippen LogP contribution in [0.2, 0.25) is 0 Å². The molecule has 1 heterocycles. The third-order valence-electron chi connectivity index (χ3n) is 3.09. The van der Waals surface area contributed by atoms with Gasteiger partial charge >= 0.3 is 0 Å². The second-order valence-corrected chi connectivity index (χ2v) is 4.68. The number of ketones is 1. The number of rotatable bonds is 3. The highest BCUT2D eigenvalue weighted by atomic mass is 16.1. The van der Waals surface area contributed by atoms with Gasteiger partial charge in [-0.25, -0.2) is 4.98 Å². The Morgan fingerprint density at radius 1 is 1.24 bits per heavy atom. The standard InChI is InChI=1S/C14H16N2O/c1-14(2,11-7-5-4-6-8-11)12(17)13-15-9-10-16(13)3/h4-10H,1-3H3. The van der Waals surface area contributed by atoms with Gasteiger partial charge in [0.2, 0.25) is 5.78 Å². The molecule has 1 aromatic heterocycles. The third kappa shape index (κ3) is 2.00. The first-order valence-electron chi connectivity index (χ1n) is 5.61. The van der Waals surface area contributed by atoms with Crippen LogP contribution in [0.5, 0.6) is 0 Å². The highest BCUT2D eigenvalue weighted by molar-refractivity contribution is 6.00. The van der Waals surface area contributed by atoms with E-state index < -0.39 is 5.41 Å². The van der Waals surface area contributed by atoms with E-state index in [0.717, 1.165) is 5.56 Å². The second kappa shape index (κ2) is 4.17. The lowest BCUT2D eigenvalue weighted by molar-refractivity contribution is 0.0894. The Balaban J connectivity index is 2.40. The summed E-state index contributed by atoms with van der Waals surface area (Å²) in [6.07, 6.45) is 3.43. The molecule has 0 fully saturated rings. The molecule has 0 amide bonds. The highest BCUT2D eigenvalue weighted by Crippen LogP contribution is 2.26. The lowest BCUT2D eigenvalue weighted by Crippen LogP contribution is -2.31. The molecule has 0 saturated heterocycles. The van der Waals surface area contributed by atoms with E-state index in [-0.39, 0.29) is 5.78 Å². The van der Waals surface area contributed by atoms with Gasteiger partial charge < -0.3 is 4.57 Å². The fourth-order valence-electron chi connectivity index (χ4n) is 1.85. The monoisotopic (exact) mass is 228 g/mol. The van der Waals surface area contributed by atoms with Crippen LogP contribution in [-0.2, 0) is 12.5 Å². The lowest BCUT2D eigenvalue weighted by atomic mass is 9.80. The normalized spacial score (nSPS) is 11.5. The molecule has 3 heteroatoms. The Morgan fingerprint density at radius 3 is 2.41 bits per heavy atom. The third-order valence-corrected chi connectivity index (χ3v) is 3.09. The zero-order chi connectivity index (χ0) is 12.5. The summed E-state index contributed by atoms with van der Waals surface area (Å²) in [4.78, 5) is 16.6. The van der Waals surface area contributed by atoms with Crippen LogP contribution < -0.4 is 0 Å². The van der Waals surface area contributed by atoms with Crippen LogP contribution in [0.15, 0.2) is 42.7 Å². The van der Waals surface area contributed by atoms with Gasteiger partial charge in [-0.1, -0.05) is 30.3 Å². The molecule has 0 aliphatic rings. The van der Waals surface area contributed by atoms with Crippen molar-refractivity contribution in [3.63, 3.8) is 0 Å². The van der Waals surface area contributed by atoms with Crippen LogP contribution in [0.4, 0.5) is 0 Å². The summed E-state index contributed by atoms with van der Waals surface area (Å²) >= 11 is 0. The van der Waals surface area contributed by atoms with Crippen molar-refractivity contribution in [2.45, 2.75) is 19.3 Å². The number of imidazole rings is 1. The topological polar surface area (TPSA) is 34.9 Å². The first kappa shape index (κ1) is 11.6. The van der Waals surface area contributed by atoms with E-state index in [2.05, 4.69) is 4.98 Å². The van der Waals surface area contributed by atoms with Gasteiger partial charge in [-0.05, 0) is 19.4 Å². The van der Waals surface area contributed by atoms with E-state index >= 15 is 0 Å². The summed E-state index contributed by atoms with van der Waals surface area (Å²) < 4.78 is 1.76. The molecular formula is C14H16N2O. The molecule has 0 aliphatic carbocycles. The maximum atomic E-state index is 12.5. The molecule has 2 aromatic rings. The molecule has 3 nitrogen and oxygen atoms in total. The molecule has 0 atom stereocenters. The predicted molar refractivity (Wildman–Crippen MR) is 67.0 cm³/mol. The van der Waals surface area contributed by atoms with Gasteiger partial charge in [-0.15, -0.1) is 0 Å². The number of benzene rings is 1. The van der Waals surface area contributed by atoms with Crippen LogP contribution in [-0.4, -0.2) is 15.3 Å². The largest absolute Gasteiger partial charge is 0.332 e. The van der Waals surface area contributed by atoms with Crippen molar-refractivity contribution in [3.05, 3.63) is 54.1 Å². The van der Waals surface area contributed by atoms with Crippen LogP contribution in [0.3, 0.4) is 0 Å². The summed E-state index contributed by atoms with van der Waals surface area (Å²) in [6.45, 7) is 3.86. The van der Waals surface area contributed by atoms with Crippen molar-refractivity contribution in [2.75, 3.05) is 0 Å². The maximum Gasteiger partial charge on any atom is 0.208 e. The first-order valence-corrected chi connectivity index (χ1v) is 5.61. The maximum absolute atomic E-state index is 12.5. The van der Waals surface area contributed by atoms with Gasteiger partial charge in [0.25, 0.3) is 0 Å². The molecule has 0 N–H and O–H groups in total. The SMILES string of the molecule is Cn1ccnc1C(=O)C(C)(C)c1ccccc1. The summed E-state index contributed by atoms with van der Waals surface area (Å²) in [7, 11) is 1.83. The van der Waals surface area contributed by atoms with Crippen LogP contribution in [0, 0.1) is 0 Å². The van der Waals surface area contributed by atoms with Crippen molar-refractivity contribution in [1.29, 1.82) is 0 Å². The molecule has 88 valence electrons. The molecule has 17 heavy (non-hydrogen) atoms. The first-order chi connectivity index (χ1) is 8.03. The zero-order valence-electron chi connectivity index (χ0n) is 10.3. The Morgan fingerprint density at radius 2 is 1.88 bits per heavy atom. The smallest absolute Gasteiger partial charge is 0.208 e. The minimum absolute atomic E-state index is 0.0381. The molecule has 0 aliphatic heterocycles. The molecule has 0 unspecified atom stereocenters. The van der Waals surface area contributed by atoms with E-state index in [4.69, 9.17) is 0 Å². The summed E-state index contributed by atoms with van der Waals surface area (Å²) in [6, 6.07) is 9.79. The van der Waals surface area contributed by atoms with Gasteiger partial charge in [0.05, 0.1) is 5.41 Å². The Kier molecular flexibility index (Phi) is 2.84. The van der Waals surface area contributed by atoms with Gasteiger partial charge in [0.1, 0.15) is 0 Å². The van der Waals surface area contributed by atoms with Gasteiger partial charge in [0, 0.05) is 19.4 Å². The average Bonchev–Trinajstić information content (AvgIpc) is 2.75. The van der Waals surface area contributed by atoms with E-state index in [1.807, 2.05) is 51.2 Å². The minimum Gasteiger partial charge on any atom is -0.332 e. The zero-order valence-corrected chi connectivity index (χ0v) is 10.3. The van der Waals surface area contributed by atoms with E-state index in [9.17, 15) is 4.79 Å². The number of carbonyl (C=O) groups is 1. The van der Waals surface area contributed by atoms with Gasteiger partial charge in [-0.3, -0.25) is 4.79 Å². The number of aryl methyl sites for hydroxylation is 1. The molecular weight excluding hydrogens is 212 g/mol. The molecule has 0 spiro atoms. The summed E-state index contributed by atoms with van der Waals surface area (Å²) in [5.74, 6) is 0.537. The van der Waals surface area contributed by atoms with E-state index in [0.29, 0.717) is 5.82 Å².